The van der Waals surface area contributed by atoms with E-state index in [0.29, 0.717) is 5.02 Å². The molecule has 0 saturated heterocycles. The summed E-state index contributed by atoms with van der Waals surface area (Å²) in [5.74, 6) is 0. The zero-order valence-electron chi connectivity index (χ0n) is 8.95. The van der Waals surface area contributed by atoms with E-state index >= 15 is 0 Å². The van der Waals surface area contributed by atoms with Crippen LogP contribution in [0.3, 0.4) is 0 Å². The summed E-state index contributed by atoms with van der Waals surface area (Å²) in [4.78, 5) is 4.33. The van der Waals surface area contributed by atoms with Crippen molar-refractivity contribution in [2.24, 2.45) is 7.05 Å². The van der Waals surface area contributed by atoms with Gasteiger partial charge in [0.25, 0.3) is 0 Å². The van der Waals surface area contributed by atoms with Crippen LogP contribution in [0.15, 0.2) is 18.3 Å². The Bertz CT molecular complexity index is 463. The summed E-state index contributed by atoms with van der Waals surface area (Å²) in [6, 6.07) is 4.02. The topological polar surface area (TPSA) is 30.7 Å². The average molecular weight is 222 g/mol. The van der Waals surface area contributed by atoms with Crippen molar-refractivity contribution in [3.63, 3.8) is 0 Å². The minimum absolute atomic E-state index is 0.669. The second kappa shape index (κ2) is 3.66. The normalized spacial score (nSPS) is 10.7. The summed E-state index contributed by atoms with van der Waals surface area (Å²) in [6.45, 7) is 3.95. The van der Waals surface area contributed by atoms with Crippen LogP contribution in [-0.4, -0.2) is 14.8 Å². The van der Waals surface area contributed by atoms with Crippen LogP contribution in [0, 0.1) is 13.8 Å². The highest BCUT2D eigenvalue weighted by Crippen LogP contribution is 2.27. The Morgan fingerprint density at radius 2 is 1.80 bits per heavy atom. The summed E-state index contributed by atoms with van der Waals surface area (Å²) >= 11 is 6.08. The van der Waals surface area contributed by atoms with Crippen molar-refractivity contribution >= 4 is 11.6 Å². The van der Waals surface area contributed by atoms with Crippen molar-refractivity contribution in [1.82, 2.24) is 14.8 Å². The van der Waals surface area contributed by atoms with Crippen LogP contribution < -0.4 is 0 Å². The number of hydrogen-bond donors (Lipinski definition) is 0. The second-order valence-corrected chi connectivity index (χ2v) is 4.01. The van der Waals surface area contributed by atoms with E-state index in [1.54, 1.807) is 10.9 Å². The number of nitrogens with zero attached hydrogens (tertiary/aromatic N) is 3. The van der Waals surface area contributed by atoms with Gasteiger partial charge in [-0.15, -0.1) is 0 Å². The Morgan fingerprint density at radius 3 is 2.27 bits per heavy atom. The third kappa shape index (κ3) is 1.88. The molecule has 2 aromatic heterocycles. The lowest BCUT2D eigenvalue weighted by Crippen LogP contribution is -1.95. The molecule has 0 spiro atoms. The summed E-state index contributed by atoms with van der Waals surface area (Å²) in [5.41, 5.74) is 3.97. The largest absolute Gasteiger partial charge is 0.266 e. The quantitative estimate of drug-likeness (QED) is 0.742. The Balaban J connectivity index is 2.63. The van der Waals surface area contributed by atoms with E-state index < -0.39 is 0 Å². The van der Waals surface area contributed by atoms with Gasteiger partial charge in [0.1, 0.15) is 0 Å². The van der Waals surface area contributed by atoms with Gasteiger partial charge in [0.2, 0.25) is 0 Å². The van der Waals surface area contributed by atoms with E-state index in [2.05, 4.69) is 10.1 Å². The fourth-order valence-electron chi connectivity index (χ4n) is 1.71. The first kappa shape index (κ1) is 10.2. The maximum atomic E-state index is 6.08. The first-order valence-corrected chi connectivity index (χ1v) is 5.09. The molecular weight excluding hydrogens is 210 g/mol. The molecule has 78 valence electrons. The lowest BCUT2D eigenvalue weighted by atomic mass is 10.1. The first-order valence-electron chi connectivity index (χ1n) is 4.71. The van der Waals surface area contributed by atoms with Gasteiger partial charge in [0.15, 0.2) is 0 Å². The minimum atomic E-state index is 0.669. The fraction of sp³-hybridized carbons (Fsp3) is 0.273. The highest BCUT2D eigenvalue weighted by molar-refractivity contribution is 6.33. The van der Waals surface area contributed by atoms with Gasteiger partial charge >= 0.3 is 0 Å². The first-order chi connectivity index (χ1) is 7.08. The molecular formula is C11H12ClN3. The van der Waals surface area contributed by atoms with Gasteiger partial charge in [-0.25, -0.2) is 0 Å². The lowest BCUT2D eigenvalue weighted by molar-refractivity contribution is 0.775. The molecule has 3 nitrogen and oxygen atoms in total. The second-order valence-electron chi connectivity index (χ2n) is 3.60. The van der Waals surface area contributed by atoms with Crippen LogP contribution in [0.4, 0.5) is 0 Å². The minimum Gasteiger partial charge on any atom is -0.266 e. The Hall–Kier alpha value is -1.35. The van der Waals surface area contributed by atoms with Gasteiger partial charge in [0.05, 0.1) is 16.9 Å². The Labute approximate surface area is 93.7 Å². The van der Waals surface area contributed by atoms with Crippen LogP contribution in [0.1, 0.15) is 11.4 Å². The molecule has 0 saturated carbocycles. The van der Waals surface area contributed by atoms with Gasteiger partial charge in [-0.05, 0) is 26.0 Å². The van der Waals surface area contributed by atoms with Crippen molar-refractivity contribution in [2.45, 2.75) is 13.8 Å². The molecule has 4 heteroatoms. The van der Waals surface area contributed by atoms with Gasteiger partial charge in [-0.3, -0.25) is 9.67 Å². The predicted molar refractivity (Wildman–Crippen MR) is 60.9 cm³/mol. The molecule has 0 fully saturated rings. The third-order valence-electron chi connectivity index (χ3n) is 2.25. The van der Waals surface area contributed by atoms with Gasteiger partial charge in [-0.2, -0.15) is 5.10 Å². The molecule has 0 bridgehead atoms. The maximum absolute atomic E-state index is 6.08. The number of rotatable bonds is 1. The van der Waals surface area contributed by atoms with Crippen LogP contribution in [0.25, 0.3) is 11.3 Å². The maximum Gasteiger partial charge on any atom is 0.0866 e. The molecule has 0 atom stereocenters. The Morgan fingerprint density at radius 1 is 1.20 bits per heavy atom. The molecule has 0 aromatic carbocycles. The van der Waals surface area contributed by atoms with Crippen molar-refractivity contribution in [1.29, 1.82) is 0 Å². The molecule has 15 heavy (non-hydrogen) atoms. The molecule has 0 aliphatic heterocycles. The standard InChI is InChI=1S/C11H12ClN3/c1-7-4-9(5-8(2)14-7)11-10(12)6-13-15(11)3/h4-6H,1-3H3. The zero-order valence-corrected chi connectivity index (χ0v) is 9.71. The third-order valence-corrected chi connectivity index (χ3v) is 2.53. The van der Waals surface area contributed by atoms with Crippen LogP contribution >= 0.6 is 11.6 Å². The van der Waals surface area contributed by atoms with E-state index in [4.69, 9.17) is 11.6 Å². The molecule has 2 aromatic rings. The van der Waals surface area contributed by atoms with Gasteiger partial charge in [-0.1, -0.05) is 11.6 Å². The zero-order chi connectivity index (χ0) is 11.0. The fourth-order valence-corrected chi connectivity index (χ4v) is 1.98. The molecule has 2 heterocycles. The van der Waals surface area contributed by atoms with Crippen LogP contribution in [0.2, 0.25) is 5.02 Å². The molecule has 0 radical (unpaired) electrons. The number of aromatic nitrogens is 3. The average Bonchev–Trinajstić information content (AvgIpc) is 2.44. The number of pyridine rings is 1. The highest BCUT2D eigenvalue weighted by Gasteiger charge is 2.09. The van der Waals surface area contributed by atoms with Crippen LogP contribution in [0.5, 0.6) is 0 Å². The SMILES string of the molecule is Cc1cc(-c2c(Cl)cnn2C)cc(C)n1. The number of halogens is 1. The molecule has 0 amide bonds. The van der Waals surface area contributed by atoms with Crippen molar-refractivity contribution < 1.29 is 0 Å². The lowest BCUT2D eigenvalue weighted by Gasteiger charge is -2.05. The van der Waals surface area contributed by atoms with E-state index in [0.717, 1.165) is 22.6 Å². The molecule has 0 aliphatic rings. The monoisotopic (exact) mass is 221 g/mol. The van der Waals surface area contributed by atoms with Gasteiger partial charge < -0.3 is 0 Å². The van der Waals surface area contributed by atoms with Crippen LogP contribution in [-0.2, 0) is 7.05 Å². The predicted octanol–water partition coefficient (Wildman–Crippen LogP) is 2.75. The smallest absolute Gasteiger partial charge is 0.0866 e. The highest BCUT2D eigenvalue weighted by atomic mass is 35.5. The summed E-state index contributed by atoms with van der Waals surface area (Å²) in [5, 5.41) is 4.79. The van der Waals surface area contributed by atoms with E-state index in [-0.39, 0.29) is 0 Å². The van der Waals surface area contributed by atoms with Crippen molar-refractivity contribution in [2.75, 3.05) is 0 Å². The molecule has 0 unspecified atom stereocenters. The Kier molecular flexibility index (Phi) is 2.49. The molecule has 0 N–H and O–H groups in total. The van der Waals surface area contributed by atoms with E-state index in [9.17, 15) is 0 Å². The van der Waals surface area contributed by atoms with Crippen molar-refractivity contribution in [3.05, 3.63) is 34.7 Å². The number of hydrogen-bond acceptors (Lipinski definition) is 2. The summed E-state index contributed by atoms with van der Waals surface area (Å²) in [7, 11) is 1.88. The summed E-state index contributed by atoms with van der Waals surface area (Å²) < 4.78 is 1.77. The molecule has 0 aliphatic carbocycles. The van der Waals surface area contributed by atoms with E-state index in [1.807, 2.05) is 33.0 Å². The van der Waals surface area contributed by atoms with E-state index in [1.165, 1.54) is 0 Å². The van der Waals surface area contributed by atoms with Crippen molar-refractivity contribution in [3.8, 4) is 11.3 Å². The number of aryl methyl sites for hydroxylation is 3. The summed E-state index contributed by atoms with van der Waals surface area (Å²) in [6.07, 6.45) is 1.65. The van der Waals surface area contributed by atoms with Gasteiger partial charge in [0, 0.05) is 24.0 Å². The molecule has 2 rings (SSSR count).